The number of aryl methyl sites for hydroxylation is 2. The van der Waals surface area contributed by atoms with Gasteiger partial charge in [0.1, 0.15) is 0 Å². The Kier molecular flexibility index (Phi) is 4.46. The molecule has 2 N–H and O–H groups in total. The van der Waals surface area contributed by atoms with Crippen LogP contribution in [-0.2, 0) is 13.0 Å². The fourth-order valence-corrected chi connectivity index (χ4v) is 3.13. The number of para-hydroxylation sites is 1. The van der Waals surface area contributed by atoms with Crippen LogP contribution in [0.5, 0.6) is 0 Å². The second-order valence-corrected chi connectivity index (χ2v) is 6.54. The molecular formula is C21H21N5O. The number of rotatable bonds is 5. The average molecular weight is 359 g/mol. The molecule has 0 aliphatic rings. The third kappa shape index (κ3) is 3.46. The summed E-state index contributed by atoms with van der Waals surface area (Å²) in [4.78, 5) is 20.2. The van der Waals surface area contributed by atoms with Crippen molar-refractivity contribution in [1.82, 2.24) is 19.6 Å². The van der Waals surface area contributed by atoms with Crippen LogP contribution in [0.15, 0.2) is 59.4 Å². The van der Waals surface area contributed by atoms with E-state index in [1.807, 2.05) is 49.4 Å². The van der Waals surface area contributed by atoms with Crippen LogP contribution in [0.4, 0.5) is 5.69 Å². The molecule has 27 heavy (non-hydrogen) atoms. The highest BCUT2D eigenvalue weighted by Crippen LogP contribution is 2.18. The predicted octanol–water partition coefficient (Wildman–Crippen LogP) is 3.57. The van der Waals surface area contributed by atoms with Gasteiger partial charge in [0.15, 0.2) is 5.82 Å². The average Bonchev–Trinajstić information content (AvgIpc) is 3.11. The van der Waals surface area contributed by atoms with E-state index in [2.05, 4.69) is 33.4 Å². The van der Waals surface area contributed by atoms with Gasteiger partial charge in [-0.05, 0) is 31.0 Å². The molecule has 2 aromatic carbocycles. The number of nitrogens with zero attached hydrogens (tertiary/aromatic N) is 3. The molecule has 0 fully saturated rings. The van der Waals surface area contributed by atoms with Crippen molar-refractivity contribution in [3.05, 3.63) is 81.8 Å². The third-order valence-electron chi connectivity index (χ3n) is 4.53. The zero-order chi connectivity index (χ0) is 18.8. The van der Waals surface area contributed by atoms with Gasteiger partial charge in [0, 0.05) is 23.0 Å². The molecule has 6 heteroatoms. The van der Waals surface area contributed by atoms with Gasteiger partial charge in [-0.15, -0.1) is 5.10 Å². The first-order valence-corrected chi connectivity index (χ1v) is 9.02. The first kappa shape index (κ1) is 17.0. The Hall–Kier alpha value is -3.41. The zero-order valence-corrected chi connectivity index (χ0v) is 15.4. The topological polar surface area (TPSA) is 75.1 Å². The van der Waals surface area contributed by atoms with Crippen LogP contribution < -0.4 is 10.9 Å². The van der Waals surface area contributed by atoms with Crippen molar-refractivity contribution in [2.24, 2.45) is 0 Å². The molecule has 4 aromatic rings. The Bertz CT molecular complexity index is 1160. The third-order valence-corrected chi connectivity index (χ3v) is 4.53. The second-order valence-electron chi connectivity index (χ2n) is 6.54. The Morgan fingerprint density at radius 1 is 1.11 bits per heavy atom. The lowest BCUT2D eigenvalue weighted by atomic mass is 10.1. The standard InChI is InChI=1S/C21H21N5O/c1-3-15-8-4-5-10-18(15)22-13-17-12-19(27)26-21(23-17)24-20(25-26)16-9-6-7-14(2)11-16/h4-12,22H,3,13H2,1-2H3,(H,23,24,25). The van der Waals surface area contributed by atoms with Crippen LogP contribution in [0.3, 0.4) is 0 Å². The summed E-state index contributed by atoms with van der Waals surface area (Å²) in [7, 11) is 0. The molecule has 4 rings (SSSR count). The van der Waals surface area contributed by atoms with Crippen LogP contribution in [0, 0.1) is 6.92 Å². The molecule has 0 saturated carbocycles. The fraction of sp³-hybridized carbons (Fsp3) is 0.190. The molecule has 2 aromatic heterocycles. The molecule has 136 valence electrons. The quantitative estimate of drug-likeness (QED) is 0.571. The van der Waals surface area contributed by atoms with E-state index in [1.165, 1.54) is 10.1 Å². The summed E-state index contributed by atoms with van der Waals surface area (Å²) in [5, 5.41) is 7.74. The first-order valence-electron chi connectivity index (χ1n) is 9.02. The molecule has 0 unspecified atom stereocenters. The Morgan fingerprint density at radius 3 is 2.78 bits per heavy atom. The highest BCUT2D eigenvalue weighted by molar-refractivity contribution is 5.58. The van der Waals surface area contributed by atoms with E-state index in [0.717, 1.165) is 28.9 Å². The van der Waals surface area contributed by atoms with Gasteiger partial charge in [-0.1, -0.05) is 48.9 Å². The molecule has 2 heterocycles. The van der Waals surface area contributed by atoms with Crippen LogP contribution in [0.1, 0.15) is 23.7 Å². The van der Waals surface area contributed by atoms with Gasteiger partial charge in [-0.25, -0.2) is 0 Å². The maximum atomic E-state index is 12.5. The Morgan fingerprint density at radius 2 is 1.96 bits per heavy atom. The van der Waals surface area contributed by atoms with Crippen molar-refractivity contribution >= 4 is 11.5 Å². The smallest absolute Gasteiger partial charge is 0.275 e. The summed E-state index contributed by atoms with van der Waals surface area (Å²) in [6.07, 6.45) is 0.947. The number of benzene rings is 2. The van der Waals surface area contributed by atoms with E-state index in [-0.39, 0.29) is 5.56 Å². The van der Waals surface area contributed by atoms with Gasteiger partial charge < -0.3 is 10.3 Å². The molecule has 0 aliphatic carbocycles. The van der Waals surface area contributed by atoms with Gasteiger partial charge >= 0.3 is 0 Å². The van der Waals surface area contributed by atoms with E-state index < -0.39 is 0 Å². The molecule has 0 spiro atoms. The summed E-state index contributed by atoms with van der Waals surface area (Å²) >= 11 is 0. The highest BCUT2D eigenvalue weighted by atomic mass is 16.1. The lowest BCUT2D eigenvalue weighted by Crippen LogP contribution is -2.17. The van der Waals surface area contributed by atoms with Crippen molar-refractivity contribution in [2.75, 3.05) is 5.32 Å². The number of nitrogens with one attached hydrogen (secondary N) is 2. The van der Waals surface area contributed by atoms with E-state index in [9.17, 15) is 4.79 Å². The lowest BCUT2D eigenvalue weighted by molar-refractivity contribution is 0.878. The maximum Gasteiger partial charge on any atom is 0.275 e. The summed E-state index contributed by atoms with van der Waals surface area (Å²) in [5.41, 5.74) is 4.89. The molecule has 0 aliphatic heterocycles. The van der Waals surface area contributed by atoms with Crippen molar-refractivity contribution in [2.45, 2.75) is 26.8 Å². The number of hydrogen-bond donors (Lipinski definition) is 2. The maximum absolute atomic E-state index is 12.5. The van der Waals surface area contributed by atoms with Crippen molar-refractivity contribution in [3.8, 4) is 11.4 Å². The lowest BCUT2D eigenvalue weighted by Gasteiger charge is -2.10. The van der Waals surface area contributed by atoms with Gasteiger partial charge in [-0.3, -0.25) is 4.79 Å². The SMILES string of the molecule is CCc1ccccc1NCc1cc(=O)n2nc(-c3cccc(C)c3)nc2[nH]1. The van der Waals surface area contributed by atoms with Crippen molar-refractivity contribution in [3.63, 3.8) is 0 Å². The largest absolute Gasteiger partial charge is 0.379 e. The Labute approximate surface area is 156 Å². The molecule has 0 saturated heterocycles. The van der Waals surface area contributed by atoms with E-state index in [4.69, 9.17) is 0 Å². The number of hydrogen-bond acceptors (Lipinski definition) is 4. The number of fused-ring (bicyclic) bond motifs is 1. The summed E-state index contributed by atoms with van der Waals surface area (Å²) in [6, 6.07) is 17.6. The van der Waals surface area contributed by atoms with Gasteiger partial charge in [-0.2, -0.15) is 9.50 Å². The van der Waals surface area contributed by atoms with Gasteiger partial charge in [0.2, 0.25) is 5.78 Å². The number of aromatic nitrogens is 4. The second kappa shape index (κ2) is 7.07. The molecule has 0 bridgehead atoms. The van der Waals surface area contributed by atoms with E-state index in [1.54, 1.807) is 6.07 Å². The van der Waals surface area contributed by atoms with E-state index >= 15 is 0 Å². The molecule has 0 amide bonds. The highest BCUT2D eigenvalue weighted by Gasteiger charge is 2.10. The number of H-pyrrole nitrogens is 1. The van der Waals surface area contributed by atoms with Crippen LogP contribution in [-0.4, -0.2) is 19.6 Å². The summed E-state index contributed by atoms with van der Waals surface area (Å²) in [5.74, 6) is 0.980. The number of anilines is 1. The van der Waals surface area contributed by atoms with Crippen LogP contribution >= 0.6 is 0 Å². The van der Waals surface area contributed by atoms with Crippen molar-refractivity contribution < 1.29 is 0 Å². The summed E-state index contributed by atoms with van der Waals surface area (Å²) in [6.45, 7) is 4.65. The van der Waals surface area contributed by atoms with Crippen LogP contribution in [0.2, 0.25) is 0 Å². The van der Waals surface area contributed by atoms with Gasteiger partial charge in [0.05, 0.1) is 6.54 Å². The zero-order valence-electron chi connectivity index (χ0n) is 15.4. The molecular weight excluding hydrogens is 338 g/mol. The molecule has 0 atom stereocenters. The minimum Gasteiger partial charge on any atom is -0.379 e. The van der Waals surface area contributed by atoms with E-state index in [0.29, 0.717) is 18.1 Å². The minimum atomic E-state index is -0.198. The summed E-state index contributed by atoms with van der Waals surface area (Å²) < 4.78 is 1.31. The molecule has 0 radical (unpaired) electrons. The number of aromatic amines is 1. The minimum absolute atomic E-state index is 0.198. The fourth-order valence-electron chi connectivity index (χ4n) is 3.13. The first-order chi connectivity index (χ1) is 13.1. The van der Waals surface area contributed by atoms with Crippen molar-refractivity contribution in [1.29, 1.82) is 0 Å². The predicted molar refractivity (Wildman–Crippen MR) is 107 cm³/mol. The normalized spacial score (nSPS) is 11.0. The molecule has 6 nitrogen and oxygen atoms in total. The van der Waals surface area contributed by atoms with Crippen LogP contribution in [0.25, 0.3) is 17.2 Å². The monoisotopic (exact) mass is 359 g/mol. The van der Waals surface area contributed by atoms with Gasteiger partial charge in [0.25, 0.3) is 5.56 Å². The Balaban J connectivity index is 1.64.